The molecule has 2 aromatic rings. The second-order valence-corrected chi connectivity index (χ2v) is 4.69. The topological polar surface area (TPSA) is 36.4 Å². The van der Waals surface area contributed by atoms with Crippen molar-refractivity contribution in [2.45, 2.75) is 13.3 Å². The highest BCUT2D eigenvalue weighted by Crippen LogP contribution is 2.04. The van der Waals surface area contributed by atoms with Crippen molar-refractivity contribution in [3.63, 3.8) is 0 Å². The van der Waals surface area contributed by atoms with Crippen molar-refractivity contribution >= 4 is 29.2 Å². The number of anilines is 1. The van der Waals surface area contributed by atoms with E-state index in [1.165, 1.54) is 5.56 Å². The molecule has 2 rings (SSSR count). The third kappa shape index (κ3) is 4.48. The van der Waals surface area contributed by atoms with E-state index in [-0.39, 0.29) is 0 Å². The van der Waals surface area contributed by atoms with Gasteiger partial charge in [-0.05, 0) is 41.9 Å². The molecule has 0 aromatic heterocycles. The lowest BCUT2D eigenvalue weighted by molar-refractivity contribution is 1.05. The van der Waals surface area contributed by atoms with Crippen molar-refractivity contribution in [2.75, 3.05) is 5.32 Å². The maximum atomic E-state index is 5.15. The fraction of sp³-hybridized carbons (Fsp3) is 0.125. The van der Waals surface area contributed by atoms with Crippen molar-refractivity contribution in [3.05, 3.63) is 65.7 Å². The van der Waals surface area contributed by atoms with Gasteiger partial charge < -0.3 is 5.32 Å². The Labute approximate surface area is 124 Å². The molecule has 0 bridgehead atoms. The number of thiocarbonyl (C=S) groups is 1. The number of hydrogen-bond acceptors (Lipinski definition) is 2. The fourth-order valence-corrected chi connectivity index (χ4v) is 1.86. The van der Waals surface area contributed by atoms with Gasteiger partial charge in [-0.2, -0.15) is 5.10 Å². The molecule has 0 atom stereocenters. The predicted octanol–water partition coefficient (Wildman–Crippen LogP) is 3.57. The van der Waals surface area contributed by atoms with E-state index in [4.69, 9.17) is 12.2 Å². The standard InChI is InChI=1S/C16H17N3S/c1-2-13-8-10-14(11-9-13)12-17-19-16(20)18-15-6-4-3-5-7-15/h3-12H,2H2,1H3,(H2,18,19,20). The summed E-state index contributed by atoms with van der Waals surface area (Å²) in [5.74, 6) is 0. The van der Waals surface area contributed by atoms with Gasteiger partial charge in [0, 0.05) is 5.69 Å². The van der Waals surface area contributed by atoms with E-state index in [0.29, 0.717) is 5.11 Å². The van der Waals surface area contributed by atoms with Gasteiger partial charge in [0.1, 0.15) is 0 Å². The minimum Gasteiger partial charge on any atom is -0.331 e. The van der Waals surface area contributed by atoms with Gasteiger partial charge in [0.25, 0.3) is 0 Å². The van der Waals surface area contributed by atoms with E-state index in [1.54, 1.807) is 6.21 Å². The van der Waals surface area contributed by atoms with E-state index in [2.05, 4.69) is 34.9 Å². The Hall–Kier alpha value is -2.20. The number of hydrazone groups is 1. The van der Waals surface area contributed by atoms with Gasteiger partial charge in [-0.3, -0.25) is 5.43 Å². The third-order valence-electron chi connectivity index (χ3n) is 2.80. The van der Waals surface area contributed by atoms with Crippen LogP contribution in [0.4, 0.5) is 5.69 Å². The lowest BCUT2D eigenvalue weighted by Gasteiger charge is -2.06. The molecular formula is C16H17N3S. The summed E-state index contributed by atoms with van der Waals surface area (Å²) >= 11 is 5.15. The molecule has 2 aromatic carbocycles. The smallest absolute Gasteiger partial charge is 0.191 e. The van der Waals surface area contributed by atoms with Crippen LogP contribution in [0.15, 0.2) is 59.7 Å². The van der Waals surface area contributed by atoms with Crippen LogP contribution in [0.25, 0.3) is 0 Å². The highest BCUT2D eigenvalue weighted by Gasteiger charge is 1.94. The van der Waals surface area contributed by atoms with Crippen molar-refractivity contribution in [3.8, 4) is 0 Å². The summed E-state index contributed by atoms with van der Waals surface area (Å²) in [6.45, 7) is 2.14. The second kappa shape index (κ2) is 7.40. The van der Waals surface area contributed by atoms with Crippen LogP contribution >= 0.6 is 12.2 Å². The molecule has 0 spiro atoms. The molecule has 0 heterocycles. The van der Waals surface area contributed by atoms with Crippen LogP contribution in [-0.4, -0.2) is 11.3 Å². The molecule has 2 N–H and O–H groups in total. The molecule has 0 saturated carbocycles. The van der Waals surface area contributed by atoms with Gasteiger partial charge in [0.15, 0.2) is 5.11 Å². The first-order valence-corrected chi connectivity index (χ1v) is 6.93. The van der Waals surface area contributed by atoms with Gasteiger partial charge >= 0.3 is 0 Å². The number of hydrogen-bond donors (Lipinski definition) is 2. The monoisotopic (exact) mass is 283 g/mol. The zero-order chi connectivity index (χ0) is 14.2. The Morgan fingerprint density at radius 3 is 2.45 bits per heavy atom. The lowest BCUT2D eigenvalue weighted by Crippen LogP contribution is -2.23. The Balaban J connectivity index is 1.84. The van der Waals surface area contributed by atoms with E-state index >= 15 is 0 Å². The summed E-state index contributed by atoms with van der Waals surface area (Å²) in [5.41, 5.74) is 6.09. The minimum atomic E-state index is 0.470. The molecule has 0 radical (unpaired) electrons. The van der Waals surface area contributed by atoms with Crippen LogP contribution in [0.1, 0.15) is 18.1 Å². The van der Waals surface area contributed by atoms with Crippen molar-refractivity contribution in [2.24, 2.45) is 5.10 Å². The summed E-state index contributed by atoms with van der Waals surface area (Å²) in [4.78, 5) is 0. The number of benzene rings is 2. The number of para-hydroxylation sites is 1. The number of aryl methyl sites for hydroxylation is 1. The average Bonchev–Trinajstić information content (AvgIpc) is 2.49. The maximum Gasteiger partial charge on any atom is 0.191 e. The highest BCUT2D eigenvalue weighted by molar-refractivity contribution is 7.80. The van der Waals surface area contributed by atoms with Gasteiger partial charge in [-0.25, -0.2) is 0 Å². The van der Waals surface area contributed by atoms with Gasteiger partial charge in [-0.1, -0.05) is 49.4 Å². The molecule has 0 fully saturated rings. The number of nitrogens with one attached hydrogen (secondary N) is 2. The van der Waals surface area contributed by atoms with Crippen molar-refractivity contribution in [1.82, 2.24) is 5.43 Å². The maximum absolute atomic E-state index is 5.15. The quantitative estimate of drug-likeness (QED) is 0.511. The number of rotatable bonds is 4. The average molecular weight is 283 g/mol. The zero-order valence-electron chi connectivity index (χ0n) is 11.3. The van der Waals surface area contributed by atoms with E-state index in [9.17, 15) is 0 Å². The van der Waals surface area contributed by atoms with Crippen LogP contribution in [0.5, 0.6) is 0 Å². The number of nitrogens with zero attached hydrogens (tertiary/aromatic N) is 1. The van der Waals surface area contributed by atoms with E-state index in [0.717, 1.165) is 17.7 Å². The summed E-state index contributed by atoms with van der Waals surface area (Å²) in [6, 6.07) is 18.0. The van der Waals surface area contributed by atoms with Crippen molar-refractivity contribution in [1.29, 1.82) is 0 Å². The minimum absolute atomic E-state index is 0.470. The molecular weight excluding hydrogens is 266 g/mol. The first kappa shape index (κ1) is 14.2. The summed E-state index contributed by atoms with van der Waals surface area (Å²) in [5, 5.41) is 7.64. The molecule has 102 valence electrons. The van der Waals surface area contributed by atoms with E-state index < -0.39 is 0 Å². The molecule has 20 heavy (non-hydrogen) atoms. The fourth-order valence-electron chi connectivity index (χ4n) is 1.69. The van der Waals surface area contributed by atoms with Crippen LogP contribution in [0.2, 0.25) is 0 Å². The molecule has 4 heteroatoms. The Kier molecular flexibility index (Phi) is 5.26. The zero-order valence-corrected chi connectivity index (χ0v) is 12.2. The predicted molar refractivity (Wildman–Crippen MR) is 89.2 cm³/mol. The molecule has 0 unspecified atom stereocenters. The molecule has 0 aliphatic rings. The van der Waals surface area contributed by atoms with Crippen LogP contribution in [0, 0.1) is 0 Å². The van der Waals surface area contributed by atoms with Gasteiger partial charge in [-0.15, -0.1) is 0 Å². The molecule has 0 saturated heterocycles. The first-order valence-electron chi connectivity index (χ1n) is 6.52. The SMILES string of the molecule is CCc1ccc(C=NNC(=S)Nc2ccccc2)cc1. The summed E-state index contributed by atoms with van der Waals surface area (Å²) < 4.78 is 0. The molecule has 0 aliphatic heterocycles. The summed E-state index contributed by atoms with van der Waals surface area (Å²) in [6.07, 6.45) is 2.79. The highest BCUT2D eigenvalue weighted by atomic mass is 32.1. The molecule has 0 aliphatic carbocycles. The Morgan fingerprint density at radius 2 is 1.80 bits per heavy atom. The second-order valence-electron chi connectivity index (χ2n) is 4.29. The van der Waals surface area contributed by atoms with E-state index in [1.807, 2.05) is 42.5 Å². The van der Waals surface area contributed by atoms with Gasteiger partial charge in [0.05, 0.1) is 6.21 Å². The van der Waals surface area contributed by atoms with Crippen LogP contribution in [-0.2, 0) is 6.42 Å². The normalized spacial score (nSPS) is 10.4. The summed E-state index contributed by atoms with van der Waals surface area (Å²) in [7, 11) is 0. The van der Waals surface area contributed by atoms with Crippen molar-refractivity contribution < 1.29 is 0 Å². The van der Waals surface area contributed by atoms with Gasteiger partial charge in [0.2, 0.25) is 0 Å². The molecule has 0 amide bonds. The molecule has 3 nitrogen and oxygen atoms in total. The largest absolute Gasteiger partial charge is 0.331 e. The Bertz CT molecular complexity index is 576. The lowest BCUT2D eigenvalue weighted by atomic mass is 10.1. The van der Waals surface area contributed by atoms with Crippen LogP contribution < -0.4 is 10.7 Å². The Morgan fingerprint density at radius 1 is 1.10 bits per heavy atom. The third-order valence-corrected chi connectivity index (χ3v) is 2.99. The first-order chi connectivity index (χ1) is 9.78. The van der Waals surface area contributed by atoms with Crippen LogP contribution in [0.3, 0.4) is 0 Å².